The molecule has 3 aromatic rings. The fourth-order valence-corrected chi connectivity index (χ4v) is 4.90. The number of aromatic nitrogens is 2. The smallest absolute Gasteiger partial charge is 0.378 e. The molecule has 2 saturated heterocycles. The van der Waals surface area contributed by atoms with Crippen LogP contribution in [0.5, 0.6) is 0 Å². The summed E-state index contributed by atoms with van der Waals surface area (Å²) in [5, 5.41) is 0.868. The van der Waals surface area contributed by atoms with Crippen molar-refractivity contribution in [3.8, 4) is 0 Å². The van der Waals surface area contributed by atoms with Crippen molar-refractivity contribution in [1.82, 2.24) is 14.5 Å². The molecule has 5 rings (SSSR count). The lowest BCUT2D eigenvalue weighted by atomic mass is 10.1. The molecule has 0 amide bonds. The maximum absolute atomic E-state index is 14.2. The van der Waals surface area contributed by atoms with Crippen LogP contribution in [0.2, 0.25) is 0 Å². The minimum absolute atomic E-state index is 0. The second kappa shape index (κ2) is 7.66. The Hall–Kier alpha value is -1.90. The van der Waals surface area contributed by atoms with Crippen LogP contribution in [0.25, 0.3) is 21.8 Å². The highest BCUT2D eigenvalue weighted by atomic mass is 35.5. The van der Waals surface area contributed by atoms with E-state index in [4.69, 9.17) is 4.74 Å². The first-order valence-electron chi connectivity index (χ1n) is 9.82. The van der Waals surface area contributed by atoms with Crippen molar-refractivity contribution >= 4 is 34.2 Å². The lowest BCUT2D eigenvalue weighted by Gasteiger charge is -2.34. The fraction of sp³-hybridized carbons (Fsp3) is 0.476. The van der Waals surface area contributed by atoms with Gasteiger partial charge in [-0.2, -0.15) is 13.2 Å². The SMILES string of the molecule is Cc1cc2c(cc1F)c1ccnc(C(F)(F)F)c1n2CCN1C2CCC1COC2.Cl. The zero-order valence-electron chi connectivity index (χ0n) is 16.4. The molecule has 0 spiro atoms. The molecule has 4 heterocycles. The minimum Gasteiger partial charge on any atom is -0.378 e. The highest BCUT2D eigenvalue weighted by molar-refractivity contribution is 6.09. The lowest BCUT2D eigenvalue weighted by Crippen LogP contribution is -2.46. The Kier molecular flexibility index (Phi) is 5.45. The van der Waals surface area contributed by atoms with Crippen LogP contribution in [-0.4, -0.2) is 46.3 Å². The third kappa shape index (κ3) is 3.35. The number of hydrogen-bond acceptors (Lipinski definition) is 3. The summed E-state index contributed by atoms with van der Waals surface area (Å²) >= 11 is 0. The number of ether oxygens (including phenoxy) is 1. The van der Waals surface area contributed by atoms with Crippen LogP contribution in [0.4, 0.5) is 17.6 Å². The van der Waals surface area contributed by atoms with Crippen molar-refractivity contribution in [1.29, 1.82) is 0 Å². The molecule has 0 radical (unpaired) electrons. The number of aryl methyl sites for hydroxylation is 1. The van der Waals surface area contributed by atoms with Gasteiger partial charge >= 0.3 is 6.18 Å². The van der Waals surface area contributed by atoms with E-state index < -0.39 is 17.7 Å². The van der Waals surface area contributed by atoms with Crippen LogP contribution in [0, 0.1) is 12.7 Å². The molecule has 0 aliphatic carbocycles. The number of nitrogens with zero attached hydrogens (tertiary/aromatic N) is 3. The van der Waals surface area contributed by atoms with E-state index in [9.17, 15) is 17.6 Å². The van der Waals surface area contributed by atoms with Crippen LogP contribution >= 0.6 is 12.4 Å². The van der Waals surface area contributed by atoms with E-state index in [1.54, 1.807) is 17.6 Å². The number of pyridine rings is 1. The molecule has 0 saturated carbocycles. The molecule has 2 unspecified atom stereocenters. The number of alkyl halides is 3. The highest BCUT2D eigenvalue weighted by Crippen LogP contribution is 2.39. The van der Waals surface area contributed by atoms with Crippen molar-refractivity contribution in [3.63, 3.8) is 0 Å². The standard InChI is InChI=1S/C21H21F4N3O.ClH/c1-12-8-18-16(9-17(12)22)15-4-5-26-20(21(23,24)25)19(15)28(18)7-6-27-13-2-3-14(27)11-29-10-13;/h4-5,8-9,13-14H,2-3,6-7,10-11H2,1H3;1H. The Morgan fingerprint density at radius 3 is 2.47 bits per heavy atom. The molecule has 4 nitrogen and oxygen atoms in total. The van der Waals surface area contributed by atoms with Crippen LogP contribution in [-0.2, 0) is 17.5 Å². The average molecular weight is 444 g/mol. The monoisotopic (exact) mass is 443 g/mol. The normalized spacial score (nSPS) is 22.0. The van der Waals surface area contributed by atoms with Crippen molar-refractivity contribution in [2.45, 2.75) is 44.6 Å². The van der Waals surface area contributed by atoms with E-state index in [0.29, 0.717) is 60.2 Å². The molecule has 2 aromatic heterocycles. The summed E-state index contributed by atoms with van der Waals surface area (Å²) in [5.41, 5.74) is 0.127. The molecular formula is C21H22ClF4N3O. The van der Waals surface area contributed by atoms with Gasteiger partial charge in [0.2, 0.25) is 0 Å². The summed E-state index contributed by atoms with van der Waals surface area (Å²) in [6.07, 6.45) is -1.33. The van der Waals surface area contributed by atoms with E-state index in [-0.39, 0.29) is 17.9 Å². The van der Waals surface area contributed by atoms with Gasteiger partial charge in [-0.3, -0.25) is 4.90 Å². The summed E-state index contributed by atoms with van der Waals surface area (Å²) in [6.45, 7) is 3.97. The van der Waals surface area contributed by atoms with Crippen LogP contribution in [0.1, 0.15) is 24.1 Å². The third-order valence-electron chi connectivity index (χ3n) is 6.29. The molecule has 2 fully saturated rings. The van der Waals surface area contributed by atoms with Gasteiger partial charge in [0.25, 0.3) is 0 Å². The van der Waals surface area contributed by atoms with Crippen LogP contribution in [0.15, 0.2) is 24.4 Å². The Morgan fingerprint density at radius 2 is 1.80 bits per heavy atom. The molecule has 162 valence electrons. The molecule has 0 N–H and O–H groups in total. The minimum atomic E-state index is -4.59. The summed E-state index contributed by atoms with van der Waals surface area (Å²) in [5.74, 6) is -0.423. The largest absolute Gasteiger partial charge is 0.435 e. The van der Waals surface area contributed by atoms with Crippen LogP contribution < -0.4 is 0 Å². The van der Waals surface area contributed by atoms with E-state index in [1.165, 1.54) is 12.1 Å². The topological polar surface area (TPSA) is 30.3 Å². The second-order valence-corrected chi connectivity index (χ2v) is 7.98. The molecular weight excluding hydrogens is 422 g/mol. The van der Waals surface area contributed by atoms with Gasteiger partial charge in [0.1, 0.15) is 5.82 Å². The van der Waals surface area contributed by atoms with Crippen molar-refractivity contribution in [2.75, 3.05) is 19.8 Å². The van der Waals surface area contributed by atoms with Gasteiger partial charge in [-0.05, 0) is 43.5 Å². The summed E-state index contributed by atoms with van der Waals surface area (Å²) in [7, 11) is 0. The van der Waals surface area contributed by atoms with E-state index in [1.807, 2.05) is 0 Å². The summed E-state index contributed by atoms with van der Waals surface area (Å²) in [6, 6.07) is 5.15. The predicted molar refractivity (Wildman–Crippen MR) is 109 cm³/mol. The first-order valence-corrected chi connectivity index (χ1v) is 9.82. The molecule has 2 aliphatic rings. The fourth-order valence-electron chi connectivity index (χ4n) is 4.90. The molecule has 9 heteroatoms. The van der Waals surface area contributed by atoms with Gasteiger partial charge < -0.3 is 9.30 Å². The van der Waals surface area contributed by atoms with Gasteiger partial charge in [-0.15, -0.1) is 12.4 Å². The number of hydrogen-bond donors (Lipinski definition) is 0. The molecule has 2 aliphatic heterocycles. The van der Waals surface area contributed by atoms with E-state index in [0.717, 1.165) is 19.0 Å². The van der Waals surface area contributed by atoms with Gasteiger partial charge in [0.15, 0.2) is 5.69 Å². The Labute approximate surface area is 177 Å². The third-order valence-corrected chi connectivity index (χ3v) is 6.29. The Morgan fingerprint density at radius 1 is 1.10 bits per heavy atom. The summed E-state index contributed by atoms with van der Waals surface area (Å²) < 4.78 is 62.7. The molecule has 1 aromatic carbocycles. The average Bonchev–Trinajstić information content (AvgIpc) is 3.08. The first-order chi connectivity index (χ1) is 13.8. The summed E-state index contributed by atoms with van der Waals surface area (Å²) in [4.78, 5) is 5.99. The Balaban J connectivity index is 0.00000218. The quantitative estimate of drug-likeness (QED) is 0.537. The molecule has 30 heavy (non-hydrogen) atoms. The number of benzene rings is 1. The van der Waals surface area contributed by atoms with Crippen LogP contribution in [0.3, 0.4) is 0 Å². The maximum Gasteiger partial charge on any atom is 0.435 e. The zero-order chi connectivity index (χ0) is 20.3. The zero-order valence-corrected chi connectivity index (χ0v) is 17.2. The molecule has 2 atom stereocenters. The van der Waals surface area contributed by atoms with Gasteiger partial charge in [-0.1, -0.05) is 0 Å². The van der Waals surface area contributed by atoms with Gasteiger partial charge in [0.05, 0.1) is 18.7 Å². The number of halogens is 5. The lowest BCUT2D eigenvalue weighted by molar-refractivity contribution is -0.140. The van der Waals surface area contributed by atoms with Gasteiger partial charge in [-0.25, -0.2) is 9.37 Å². The number of fused-ring (bicyclic) bond motifs is 5. The first kappa shape index (κ1) is 21.3. The van der Waals surface area contributed by atoms with Crippen molar-refractivity contribution in [3.05, 3.63) is 41.5 Å². The second-order valence-electron chi connectivity index (χ2n) is 7.98. The number of rotatable bonds is 3. The van der Waals surface area contributed by atoms with Gasteiger partial charge in [0, 0.05) is 47.7 Å². The highest BCUT2D eigenvalue weighted by Gasteiger charge is 2.38. The van der Waals surface area contributed by atoms with E-state index >= 15 is 0 Å². The maximum atomic E-state index is 14.2. The van der Waals surface area contributed by atoms with Crippen molar-refractivity contribution in [2.24, 2.45) is 0 Å². The molecule has 2 bridgehead atoms. The van der Waals surface area contributed by atoms with Crippen molar-refractivity contribution < 1.29 is 22.3 Å². The predicted octanol–water partition coefficient (Wildman–Crippen LogP) is 4.94. The van der Waals surface area contributed by atoms with E-state index in [2.05, 4.69) is 9.88 Å². The number of morpholine rings is 1. The Bertz CT molecular complexity index is 1080.